The molecule has 0 aliphatic carbocycles. The minimum atomic E-state index is -0.792. The van der Waals surface area contributed by atoms with Gasteiger partial charge in [-0.2, -0.15) is 0 Å². The number of rotatable bonds is 2. The fourth-order valence-electron chi connectivity index (χ4n) is 2.05. The maximum absolute atomic E-state index is 2.43. The number of benzene rings is 2. The van der Waals surface area contributed by atoms with Crippen LogP contribution in [0, 0.1) is 0 Å². The Morgan fingerprint density at radius 2 is 1.12 bits per heavy atom. The maximum atomic E-state index is 2.43. The Morgan fingerprint density at radius 1 is 0.688 bits per heavy atom. The summed E-state index contributed by atoms with van der Waals surface area (Å²) in [4.78, 5) is 0. The third-order valence-corrected chi connectivity index (χ3v) is 8.43. The van der Waals surface area contributed by atoms with E-state index in [2.05, 4.69) is 59.2 Å². The molecule has 0 aliphatic heterocycles. The van der Waals surface area contributed by atoms with Crippen LogP contribution >= 0.6 is 0 Å². The average Bonchev–Trinajstić information content (AvgIpc) is 2.27. The molecule has 0 amide bonds. The summed E-state index contributed by atoms with van der Waals surface area (Å²) in [6, 6.07) is 13.7. The summed E-state index contributed by atoms with van der Waals surface area (Å²) in [5, 5.41) is 3.04. The molecule has 0 N–H and O–H groups in total. The molecule has 0 heterocycles. The molecule has 0 unspecified atom stereocenters. The summed E-state index contributed by atoms with van der Waals surface area (Å²) < 4.78 is 3.31. The molecule has 2 rings (SSSR count). The van der Waals surface area contributed by atoms with Crippen LogP contribution in [-0.4, -0.2) is 29.3 Å². The second-order valence-electron chi connectivity index (χ2n) is 4.44. The van der Waals surface area contributed by atoms with Crippen LogP contribution in [0.5, 0.6) is 0 Å². The second kappa shape index (κ2) is 4.99. The van der Waals surface area contributed by atoms with Gasteiger partial charge in [-0.05, 0) is 0 Å². The van der Waals surface area contributed by atoms with Crippen molar-refractivity contribution in [1.82, 2.24) is 0 Å². The SMILES string of the molecule is C[As](C)c1cccc2cccc([As](C)C)c12. The van der Waals surface area contributed by atoms with E-state index in [4.69, 9.17) is 0 Å². The van der Waals surface area contributed by atoms with E-state index in [1.807, 2.05) is 0 Å². The van der Waals surface area contributed by atoms with Crippen LogP contribution in [0.15, 0.2) is 36.4 Å². The monoisotopic (exact) mass is 336 g/mol. The van der Waals surface area contributed by atoms with Crippen molar-refractivity contribution in [1.29, 1.82) is 0 Å². The van der Waals surface area contributed by atoms with Gasteiger partial charge in [0.2, 0.25) is 0 Å². The zero-order chi connectivity index (χ0) is 11.7. The van der Waals surface area contributed by atoms with Gasteiger partial charge >= 0.3 is 108 Å². The number of hydrogen-bond donors (Lipinski definition) is 0. The molecule has 0 atom stereocenters. The second-order valence-corrected chi connectivity index (χ2v) is 14.0. The van der Waals surface area contributed by atoms with Gasteiger partial charge < -0.3 is 0 Å². The molecule has 84 valence electrons. The van der Waals surface area contributed by atoms with E-state index in [1.54, 1.807) is 14.1 Å². The normalized spacial score (nSPS) is 11.6. The molecule has 0 radical (unpaired) electrons. The van der Waals surface area contributed by atoms with E-state index < -0.39 is 29.3 Å². The van der Waals surface area contributed by atoms with Gasteiger partial charge in [-0.15, -0.1) is 0 Å². The van der Waals surface area contributed by atoms with Crippen molar-refractivity contribution < 1.29 is 0 Å². The molecule has 2 aromatic rings. The average molecular weight is 336 g/mol. The third kappa shape index (κ3) is 2.24. The molecule has 0 nitrogen and oxygen atoms in total. The van der Waals surface area contributed by atoms with E-state index in [1.165, 1.54) is 5.39 Å². The van der Waals surface area contributed by atoms with E-state index in [-0.39, 0.29) is 0 Å². The summed E-state index contributed by atoms with van der Waals surface area (Å²) in [5.74, 6) is 0. The van der Waals surface area contributed by atoms with Crippen molar-refractivity contribution >= 4 is 48.8 Å². The standard InChI is InChI=1S/C14H18As2/c1-15(2)12-9-5-7-11-8-6-10-13(14(11)12)16(3)4/h5-10H,1-4H3. The first kappa shape index (κ1) is 12.3. The molecule has 0 fully saturated rings. The molecule has 0 saturated heterocycles. The van der Waals surface area contributed by atoms with Crippen molar-refractivity contribution in [2.45, 2.75) is 22.8 Å². The fourth-order valence-corrected chi connectivity index (χ4v) is 7.00. The van der Waals surface area contributed by atoms with E-state index in [0.717, 1.165) is 0 Å². The first-order chi connectivity index (χ1) is 7.61. The predicted octanol–water partition coefficient (Wildman–Crippen LogP) is 2.76. The molecule has 16 heavy (non-hydrogen) atoms. The molecule has 0 aromatic heterocycles. The van der Waals surface area contributed by atoms with Gasteiger partial charge in [0.25, 0.3) is 0 Å². The van der Waals surface area contributed by atoms with E-state index in [9.17, 15) is 0 Å². The number of fused-ring (bicyclic) bond motifs is 1. The van der Waals surface area contributed by atoms with E-state index >= 15 is 0 Å². The summed E-state index contributed by atoms with van der Waals surface area (Å²) in [6.45, 7) is 0. The predicted molar refractivity (Wildman–Crippen MR) is 78.2 cm³/mol. The summed E-state index contributed by atoms with van der Waals surface area (Å²) in [6.07, 6.45) is 0. The Bertz CT molecular complexity index is 458. The first-order valence-electron chi connectivity index (χ1n) is 5.47. The van der Waals surface area contributed by atoms with Gasteiger partial charge in [0.1, 0.15) is 0 Å². The molecule has 0 spiro atoms. The van der Waals surface area contributed by atoms with Crippen LogP contribution in [0.2, 0.25) is 22.8 Å². The van der Waals surface area contributed by atoms with Gasteiger partial charge in [0.05, 0.1) is 0 Å². The summed E-state index contributed by atoms with van der Waals surface area (Å²) in [7, 11) is 0. The fraction of sp³-hybridized carbons (Fsp3) is 0.286. The molecule has 2 heteroatoms. The van der Waals surface area contributed by atoms with Crippen molar-refractivity contribution in [2.75, 3.05) is 0 Å². The van der Waals surface area contributed by atoms with Crippen LogP contribution in [0.1, 0.15) is 0 Å². The van der Waals surface area contributed by atoms with Crippen molar-refractivity contribution in [3.05, 3.63) is 36.4 Å². The van der Waals surface area contributed by atoms with Crippen LogP contribution in [0.4, 0.5) is 0 Å². The van der Waals surface area contributed by atoms with Crippen LogP contribution in [0.3, 0.4) is 0 Å². The zero-order valence-electron chi connectivity index (χ0n) is 10.4. The first-order valence-corrected chi connectivity index (χ1v) is 14.9. The topological polar surface area (TPSA) is 0 Å². The Labute approximate surface area is 108 Å². The zero-order valence-corrected chi connectivity index (χ0v) is 14.1. The molecular formula is C14H18As2. The number of hydrogen-bond acceptors (Lipinski definition) is 0. The van der Waals surface area contributed by atoms with Gasteiger partial charge in [0.15, 0.2) is 0 Å². The quantitative estimate of drug-likeness (QED) is 0.740. The Hall–Kier alpha value is -0.183. The van der Waals surface area contributed by atoms with Crippen LogP contribution in [0.25, 0.3) is 10.8 Å². The van der Waals surface area contributed by atoms with Gasteiger partial charge in [-0.25, -0.2) is 0 Å². The Balaban J connectivity index is 2.82. The molecular weight excluding hydrogens is 318 g/mol. The van der Waals surface area contributed by atoms with Crippen molar-refractivity contribution in [3.8, 4) is 0 Å². The molecule has 0 aliphatic rings. The summed E-state index contributed by atoms with van der Waals surface area (Å²) >= 11 is -1.58. The van der Waals surface area contributed by atoms with Gasteiger partial charge in [-0.1, -0.05) is 0 Å². The van der Waals surface area contributed by atoms with Crippen molar-refractivity contribution in [2.24, 2.45) is 0 Å². The Kier molecular flexibility index (Phi) is 3.83. The Morgan fingerprint density at radius 3 is 1.50 bits per heavy atom. The van der Waals surface area contributed by atoms with Crippen molar-refractivity contribution in [3.63, 3.8) is 0 Å². The molecule has 0 bridgehead atoms. The molecule has 0 saturated carbocycles. The van der Waals surface area contributed by atoms with Gasteiger partial charge in [-0.3, -0.25) is 0 Å². The minimum absolute atomic E-state index is 0.792. The summed E-state index contributed by atoms with van der Waals surface area (Å²) in [5.41, 5.74) is 9.73. The van der Waals surface area contributed by atoms with Crippen LogP contribution in [-0.2, 0) is 0 Å². The third-order valence-electron chi connectivity index (χ3n) is 2.82. The van der Waals surface area contributed by atoms with Crippen LogP contribution < -0.4 is 8.70 Å². The molecule has 2 aromatic carbocycles. The van der Waals surface area contributed by atoms with E-state index in [0.29, 0.717) is 0 Å². The van der Waals surface area contributed by atoms with Gasteiger partial charge in [0, 0.05) is 0 Å².